The first kappa shape index (κ1) is 25.7. The average molecular weight is 456 g/mol. The summed E-state index contributed by atoms with van der Waals surface area (Å²) in [7, 11) is 1.63. The Kier molecular flexibility index (Phi) is 9.99. The van der Waals surface area contributed by atoms with Gasteiger partial charge in [-0.05, 0) is 46.4 Å². The molecule has 1 heterocycles. The van der Waals surface area contributed by atoms with Crippen molar-refractivity contribution >= 4 is 51.3 Å². The van der Waals surface area contributed by atoms with E-state index in [1.807, 2.05) is 54.6 Å². The third kappa shape index (κ3) is 6.97. The summed E-state index contributed by atoms with van der Waals surface area (Å²) in [4.78, 5) is 26.7. The summed E-state index contributed by atoms with van der Waals surface area (Å²) in [6, 6.07) is 22.3. The first-order valence-corrected chi connectivity index (χ1v) is 10.4. The van der Waals surface area contributed by atoms with Gasteiger partial charge in [-0.25, -0.2) is 0 Å². The van der Waals surface area contributed by atoms with Crippen LogP contribution in [-0.4, -0.2) is 29.3 Å². The third-order valence-electron chi connectivity index (χ3n) is 4.27. The van der Waals surface area contributed by atoms with Gasteiger partial charge >= 0.3 is 35.5 Å². The van der Waals surface area contributed by atoms with Crippen LogP contribution in [0.5, 0.6) is 5.75 Å². The second-order valence-electron chi connectivity index (χ2n) is 6.43. The summed E-state index contributed by atoms with van der Waals surface area (Å²) in [6.07, 6.45) is 2.06. The topological polar surface area (TPSA) is 88.0 Å². The molecule has 158 valence electrons. The maximum Gasteiger partial charge on any atom is 1.00 e. The number of nitrogens with one attached hydrogen (secondary N) is 1. The van der Waals surface area contributed by atoms with E-state index in [-0.39, 0.29) is 41.9 Å². The number of amides is 1. The molecule has 4 rings (SSSR count). The molecule has 0 saturated carbocycles. The van der Waals surface area contributed by atoms with Gasteiger partial charge in [-0.3, -0.25) is 14.6 Å². The van der Waals surface area contributed by atoms with Crippen LogP contribution in [0.2, 0.25) is 0 Å². The Morgan fingerprint density at radius 1 is 1.19 bits per heavy atom. The van der Waals surface area contributed by atoms with E-state index < -0.39 is 5.97 Å². The van der Waals surface area contributed by atoms with Crippen LogP contribution in [0.1, 0.15) is 18.9 Å². The van der Waals surface area contributed by atoms with E-state index in [9.17, 15) is 9.59 Å². The number of thioether (sulfide) groups is 1. The van der Waals surface area contributed by atoms with E-state index in [0.29, 0.717) is 10.1 Å². The number of benzene rings is 3. The molecule has 32 heavy (non-hydrogen) atoms. The molecule has 0 atom stereocenters. The van der Waals surface area contributed by atoms with Crippen molar-refractivity contribution in [3.63, 3.8) is 0 Å². The number of nitrogens with zero attached hydrogens (tertiary/aromatic N) is 1. The summed E-state index contributed by atoms with van der Waals surface area (Å²) in [5, 5.41) is 13.3. The predicted octanol–water partition coefficient (Wildman–Crippen LogP) is 2.03. The number of methoxy groups -OCH3 is 1. The van der Waals surface area contributed by atoms with E-state index in [1.165, 1.54) is 11.8 Å². The molecule has 8 heteroatoms. The Balaban J connectivity index is 0.000000548. The molecule has 1 fully saturated rings. The van der Waals surface area contributed by atoms with Crippen LogP contribution >= 0.6 is 11.8 Å². The molecule has 0 aliphatic carbocycles. The Bertz CT molecular complexity index is 1160. The summed E-state index contributed by atoms with van der Waals surface area (Å²) in [5.41, 5.74) is 1.63. The minimum absolute atomic E-state index is 0. The first-order valence-electron chi connectivity index (χ1n) is 9.54. The van der Waals surface area contributed by atoms with Crippen molar-refractivity contribution < 1.29 is 49.0 Å². The van der Waals surface area contributed by atoms with Crippen molar-refractivity contribution in [2.75, 3.05) is 7.11 Å². The van der Waals surface area contributed by atoms with Crippen molar-refractivity contribution in [1.29, 1.82) is 0 Å². The molecular weight excluding hydrogens is 435 g/mol. The molecule has 0 unspecified atom stereocenters. The van der Waals surface area contributed by atoms with Crippen LogP contribution in [-0.2, 0) is 9.59 Å². The van der Waals surface area contributed by atoms with Crippen molar-refractivity contribution in [2.24, 2.45) is 4.99 Å². The van der Waals surface area contributed by atoms with Crippen molar-refractivity contribution in [2.45, 2.75) is 13.3 Å². The van der Waals surface area contributed by atoms with Gasteiger partial charge in [0.2, 0.25) is 0 Å². The van der Waals surface area contributed by atoms with Crippen molar-refractivity contribution in [3.8, 4) is 5.75 Å². The van der Waals surface area contributed by atoms with Crippen LogP contribution in [0.25, 0.3) is 16.8 Å². The molecule has 0 spiro atoms. The number of hydrogen-bond acceptors (Lipinski definition) is 5. The fourth-order valence-corrected chi connectivity index (χ4v) is 3.55. The molecule has 1 amide bonds. The van der Waals surface area contributed by atoms with Gasteiger partial charge in [0.1, 0.15) is 5.75 Å². The number of ether oxygens (including phenoxy) is 1. The third-order valence-corrected chi connectivity index (χ3v) is 5.18. The van der Waals surface area contributed by atoms with Gasteiger partial charge in [0.25, 0.3) is 5.91 Å². The number of carboxylic acids is 1. The number of rotatable bonds is 4. The summed E-state index contributed by atoms with van der Waals surface area (Å²) < 4.78 is 5.50. The molecule has 1 saturated heterocycles. The van der Waals surface area contributed by atoms with E-state index >= 15 is 0 Å². The van der Waals surface area contributed by atoms with Gasteiger partial charge in [0.15, 0.2) is 5.17 Å². The van der Waals surface area contributed by atoms with Gasteiger partial charge in [0.05, 0.1) is 12.0 Å². The second-order valence-corrected chi connectivity index (χ2v) is 7.46. The summed E-state index contributed by atoms with van der Waals surface area (Å²) in [5.74, 6) is -0.176. The van der Waals surface area contributed by atoms with Gasteiger partial charge < -0.3 is 15.2 Å². The quantitative estimate of drug-likeness (QED) is 0.356. The minimum Gasteiger partial charge on any atom is -0.496 e. The van der Waals surface area contributed by atoms with Gasteiger partial charge in [-0.2, -0.15) is 18.2 Å². The number of carboxylic acid groups (broad SMARTS) is 1. The molecule has 3 aromatic carbocycles. The zero-order valence-corrected chi connectivity index (χ0v) is 20.9. The largest absolute Gasteiger partial charge is 1.00 e. The summed E-state index contributed by atoms with van der Waals surface area (Å²) in [6.45, 7) is 1.60. The molecule has 0 aromatic heterocycles. The number of fused-ring (bicyclic) bond motifs is 1. The number of hydrogen-bond donors (Lipinski definition) is 2. The molecule has 6 nitrogen and oxygen atoms in total. The molecule has 0 radical (unpaired) electrons. The van der Waals surface area contributed by atoms with Crippen LogP contribution in [0, 0.1) is 6.07 Å². The van der Waals surface area contributed by atoms with Crippen LogP contribution in [0.3, 0.4) is 0 Å². The predicted molar refractivity (Wildman–Crippen MR) is 125 cm³/mol. The van der Waals surface area contributed by atoms with Crippen molar-refractivity contribution in [3.05, 3.63) is 77.2 Å². The molecule has 1 aliphatic heterocycles. The zero-order chi connectivity index (χ0) is 22.2. The number of aliphatic carboxylic acids is 1. The van der Waals surface area contributed by atoms with E-state index in [2.05, 4.69) is 16.4 Å². The SMILES string of the molecule is CCC(=O)O.COc1cc2ccccc2cc1C=C1SC(=Nc2cc[c-]cc2)NC1=O.[Na+]. The zero-order valence-electron chi connectivity index (χ0n) is 18.1. The molecule has 1 aliphatic rings. The second kappa shape index (κ2) is 12.5. The standard InChI is InChI=1S/C21H15N2O2S.C3H6O2.Na/c1-25-18-12-15-8-6-5-7-14(15)11-16(18)13-19-20(24)23-21(26-19)22-17-9-3-2-4-10-17;1-2-3(4)5;/h3-13H,1H3,(H,22,23,24);2H2,1H3,(H,4,5);/q-1;;+1. The Labute approximate surface area is 213 Å². The number of aliphatic imine (C=N–C) groups is 1. The Morgan fingerprint density at radius 3 is 2.41 bits per heavy atom. The van der Waals surface area contributed by atoms with E-state index in [0.717, 1.165) is 27.8 Å². The maximum atomic E-state index is 12.3. The molecular formula is C24H21N2NaO4S. The number of carbonyl (C=O) groups excluding carboxylic acids is 1. The van der Waals surface area contributed by atoms with Gasteiger partial charge in [-0.15, -0.1) is 12.1 Å². The fraction of sp³-hybridized carbons (Fsp3) is 0.125. The van der Waals surface area contributed by atoms with E-state index in [1.54, 1.807) is 26.2 Å². The monoisotopic (exact) mass is 456 g/mol. The van der Waals surface area contributed by atoms with Gasteiger partial charge in [0, 0.05) is 12.0 Å². The fourth-order valence-electron chi connectivity index (χ4n) is 2.72. The number of amidine groups is 1. The smallest absolute Gasteiger partial charge is 0.496 e. The van der Waals surface area contributed by atoms with E-state index in [4.69, 9.17) is 9.84 Å². The van der Waals surface area contributed by atoms with Crippen LogP contribution in [0.4, 0.5) is 5.69 Å². The normalized spacial score (nSPS) is 15.0. The van der Waals surface area contributed by atoms with Crippen LogP contribution < -0.4 is 39.6 Å². The molecule has 3 aromatic rings. The Hall–Kier alpha value is -2.58. The van der Waals surface area contributed by atoms with Gasteiger partial charge in [-0.1, -0.05) is 31.2 Å². The summed E-state index contributed by atoms with van der Waals surface area (Å²) >= 11 is 1.32. The molecule has 2 N–H and O–H groups in total. The van der Waals surface area contributed by atoms with Crippen LogP contribution in [0.15, 0.2) is 70.6 Å². The first-order chi connectivity index (χ1) is 15.0. The average Bonchev–Trinajstić information content (AvgIpc) is 3.12. The maximum absolute atomic E-state index is 12.3. The van der Waals surface area contributed by atoms with Crippen molar-refractivity contribution in [1.82, 2.24) is 5.32 Å². The minimum atomic E-state index is -0.745. The Morgan fingerprint density at radius 2 is 1.81 bits per heavy atom. The number of carbonyl (C=O) groups is 2. The molecule has 0 bridgehead atoms.